The molecule has 0 amide bonds. The smallest absolute Gasteiger partial charge is 0.0496 e. The van der Waals surface area contributed by atoms with Gasteiger partial charge in [-0.05, 0) is 43.9 Å². The molecule has 1 saturated heterocycles. The Bertz CT molecular complexity index is 140. The summed E-state index contributed by atoms with van der Waals surface area (Å²) in [6.07, 6.45) is 6.87. The van der Waals surface area contributed by atoms with Crippen molar-refractivity contribution in [2.45, 2.75) is 36.9 Å². The minimum absolute atomic E-state index is 0.796. The number of hydrogen-bond donors (Lipinski definition) is 0. The standard InChI is InChI=1S/C10H17BrO/c11-10-4-3-8(6-10)9-2-1-5-12-7-9/h8-10H,1-7H2. The topological polar surface area (TPSA) is 9.23 Å². The highest BCUT2D eigenvalue weighted by atomic mass is 79.9. The van der Waals surface area contributed by atoms with Crippen molar-refractivity contribution >= 4 is 15.9 Å². The lowest BCUT2D eigenvalue weighted by Crippen LogP contribution is -2.23. The van der Waals surface area contributed by atoms with E-state index < -0.39 is 0 Å². The maximum Gasteiger partial charge on any atom is 0.0496 e. The Morgan fingerprint density at radius 3 is 2.58 bits per heavy atom. The molecule has 0 bridgehead atoms. The molecule has 2 aliphatic rings. The molecule has 0 spiro atoms. The van der Waals surface area contributed by atoms with E-state index in [0.717, 1.165) is 29.9 Å². The van der Waals surface area contributed by atoms with Crippen molar-refractivity contribution in [1.82, 2.24) is 0 Å². The van der Waals surface area contributed by atoms with Crippen molar-refractivity contribution in [2.75, 3.05) is 13.2 Å². The maximum atomic E-state index is 5.51. The molecule has 2 heteroatoms. The normalized spacial score (nSPS) is 43.2. The van der Waals surface area contributed by atoms with Gasteiger partial charge in [0.25, 0.3) is 0 Å². The summed E-state index contributed by atoms with van der Waals surface area (Å²) >= 11 is 3.70. The number of alkyl halides is 1. The highest BCUT2D eigenvalue weighted by Crippen LogP contribution is 2.38. The summed E-state index contributed by atoms with van der Waals surface area (Å²) in [6.45, 7) is 2.03. The number of rotatable bonds is 1. The average molecular weight is 233 g/mol. The van der Waals surface area contributed by atoms with Gasteiger partial charge in [-0.15, -0.1) is 0 Å². The lowest BCUT2D eigenvalue weighted by atomic mass is 9.87. The largest absolute Gasteiger partial charge is 0.381 e. The Hall–Kier alpha value is 0.440. The quantitative estimate of drug-likeness (QED) is 0.632. The fourth-order valence-corrected chi connectivity index (χ4v) is 3.27. The van der Waals surface area contributed by atoms with Gasteiger partial charge in [0.2, 0.25) is 0 Å². The van der Waals surface area contributed by atoms with Crippen LogP contribution in [0.5, 0.6) is 0 Å². The number of halogens is 1. The van der Waals surface area contributed by atoms with Gasteiger partial charge >= 0.3 is 0 Å². The summed E-state index contributed by atoms with van der Waals surface area (Å²) in [6, 6.07) is 0. The van der Waals surface area contributed by atoms with Crippen LogP contribution in [0, 0.1) is 11.8 Å². The Morgan fingerprint density at radius 2 is 2.00 bits per heavy atom. The van der Waals surface area contributed by atoms with Gasteiger partial charge in [0.15, 0.2) is 0 Å². The van der Waals surface area contributed by atoms with Gasteiger partial charge in [-0.25, -0.2) is 0 Å². The first-order valence-corrected chi connectivity index (χ1v) is 5.99. The van der Waals surface area contributed by atoms with E-state index in [1.165, 1.54) is 32.1 Å². The molecule has 12 heavy (non-hydrogen) atoms. The van der Waals surface area contributed by atoms with Crippen LogP contribution in [0.4, 0.5) is 0 Å². The zero-order valence-electron chi connectivity index (χ0n) is 7.47. The molecule has 2 fully saturated rings. The van der Waals surface area contributed by atoms with Crippen LogP contribution in [-0.4, -0.2) is 18.0 Å². The molecule has 0 aromatic heterocycles. The molecular weight excluding hydrogens is 216 g/mol. The van der Waals surface area contributed by atoms with Gasteiger partial charge in [-0.3, -0.25) is 0 Å². The number of ether oxygens (including phenoxy) is 1. The second-order valence-electron chi connectivity index (χ2n) is 4.15. The van der Waals surface area contributed by atoms with E-state index in [1.54, 1.807) is 0 Å². The van der Waals surface area contributed by atoms with Crippen molar-refractivity contribution < 1.29 is 4.74 Å². The zero-order chi connectivity index (χ0) is 8.39. The third kappa shape index (κ3) is 2.02. The molecule has 0 N–H and O–H groups in total. The highest BCUT2D eigenvalue weighted by molar-refractivity contribution is 9.09. The monoisotopic (exact) mass is 232 g/mol. The fourth-order valence-electron chi connectivity index (χ4n) is 2.52. The van der Waals surface area contributed by atoms with E-state index in [4.69, 9.17) is 4.74 Å². The van der Waals surface area contributed by atoms with Crippen LogP contribution in [0.1, 0.15) is 32.1 Å². The summed E-state index contributed by atoms with van der Waals surface area (Å²) in [4.78, 5) is 0.796. The molecule has 1 aliphatic heterocycles. The first-order chi connectivity index (χ1) is 5.86. The molecule has 1 heterocycles. The molecule has 2 rings (SSSR count). The molecule has 70 valence electrons. The van der Waals surface area contributed by atoms with Crippen LogP contribution in [0.2, 0.25) is 0 Å². The van der Waals surface area contributed by atoms with Gasteiger partial charge in [0, 0.05) is 18.0 Å². The van der Waals surface area contributed by atoms with Crippen molar-refractivity contribution in [3.8, 4) is 0 Å². The van der Waals surface area contributed by atoms with Crippen LogP contribution < -0.4 is 0 Å². The Balaban J connectivity index is 1.83. The summed E-state index contributed by atoms with van der Waals surface area (Å²) < 4.78 is 5.51. The third-order valence-corrected chi connectivity index (χ3v) is 4.10. The Morgan fingerprint density at radius 1 is 1.08 bits per heavy atom. The lowest BCUT2D eigenvalue weighted by molar-refractivity contribution is 0.0319. The molecule has 0 aromatic carbocycles. The first kappa shape index (κ1) is 9.01. The number of hydrogen-bond acceptors (Lipinski definition) is 1. The zero-order valence-corrected chi connectivity index (χ0v) is 9.05. The van der Waals surface area contributed by atoms with Crippen LogP contribution in [-0.2, 0) is 4.74 Å². The van der Waals surface area contributed by atoms with Crippen molar-refractivity contribution in [3.05, 3.63) is 0 Å². The summed E-state index contributed by atoms with van der Waals surface area (Å²) in [5.74, 6) is 1.83. The Labute approximate surface area is 83.0 Å². The minimum atomic E-state index is 0.796. The molecular formula is C10H17BrO. The van der Waals surface area contributed by atoms with E-state index in [0.29, 0.717) is 0 Å². The molecule has 1 nitrogen and oxygen atoms in total. The molecule has 1 saturated carbocycles. The second-order valence-corrected chi connectivity index (χ2v) is 5.44. The molecule has 0 radical (unpaired) electrons. The third-order valence-electron chi connectivity index (χ3n) is 3.27. The van der Waals surface area contributed by atoms with Gasteiger partial charge < -0.3 is 4.74 Å². The van der Waals surface area contributed by atoms with Crippen LogP contribution in [0.15, 0.2) is 0 Å². The SMILES string of the molecule is BrC1CCC(C2CCCOC2)C1. The molecule has 3 unspecified atom stereocenters. The van der Waals surface area contributed by atoms with Gasteiger partial charge in [-0.2, -0.15) is 0 Å². The van der Waals surface area contributed by atoms with E-state index in [2.05, 4.69) is 15.9 Å². The maximum absolute atomic E-state index is 5.51. The van der Waals surface area contributed by atoms with Crippen molar-refractivity contribution in [1.29, 1.82) is 0 Å². The highest BCUT2D eigenvalue weighted by Gasteiger charge is 2.30. The summed E-state index contributed by atoms with van der Waals surface area (Å²) in [5, 5.41) is 0. The molecule has 3 atom stereocenters. The summed E-state index contributed by atoms with van der Waals surface area (Å²) in [5.41, 5.74) is 0. The second kappa shape index (κ2) is 4.10. The lowest BCUT2D eigenvalue weighted by Gasteiger charge is -2.27. The van der Waals surface area contributed by atoms with Crippen LogP contribution in [0.25, 0.3) is 0 Å². The van der Waals surface area contributed by atoms with E-state index in [-0.39, 0.29) is 0 Å². The van der Waals surface area contributed by atoms with Crippen molar-refractivity contribution in [3.63, 3.8) is 0 Å². The molecule has 1 aliphatic carbocycles. The predicted octanol–water partition coefficient (Wildman–Crippen LogP) is 2.98. The van der Waals surface area contributed by atoms with E-state index in [1.807, 2.05) is 0 Å². The summed E-state index contributed by atoms with van der Waals surface area (Å²) in [7, 11) is 0. The fraction of sp³-hybridized carbons (Fsp3) is 1.00. The average Bonchev–Trinajstić information content (AvgIpc) is 2.54. The Kier molecular flexibility index (Phi) is 3.08. The van der Waals surface area contributed by atoms with Crippen LogP contribution >= 0.6 is 15.9 Å². The predicted molar refractivity (Wildman–Crippen MR) is 53.6 cm³/mol. The van der Waals surface area contributed by atoms with Gasteiger partial charge in [-0.1, -0.05) is 15.9 Å². The first-order valence-electron chi connectivity index (χ1n) is 5.08. The van der Waals surface area contributed by atoms with Gasteiger partial charge in [0.05, 0.1) is 0 Å². The van der Waals surface area contributed by atoms with Crippen LogP contribution in [0.3, 0.4) is 0 Å². The van der Waals surface area contributed by atoms with Crippen molar-refractivity contribution in [2.24, 2.45) is 11.8 Å². The van der Waals surface area contributed by atoms with E-state index in [9.17, 15) is 0 Å². The molecule has 0 aromatic rings. The van der Waals surface area contributed by atoms with Gasteiger partial charge in [0.1, 0.15) is 0 Å². The van der Waals surface area contributed by atoms with E-state index >= 15 is 0 Å². The minimum Gasteiger partial charge on any atom is -0.381 e.